The van der Waals surface area contributed by atoms with Gasteiger partial charge in [-0.3, -0.25) is 4.79 Å². The summed E-state index contributed by atoms with van der Waals surface area (Å²) in [5.41, 5.74) is 0. The van der Waals surface area contributed by atoms with Gasteiger partial charge < -0.3 is 19.3 Å². The topological polar surface area (TPSA) is 73.6 Å². The number of aromatic nitrogens is 1. The number of amides is 1. The lowest BCUT2D eigenvalue weighted by atomic mass is 9.94. The molecule has 0 radical (unpaired) electrons. The minimum absolute atomic E-state index is 0.0787. The van der Waals surface area contributed by atoms with E-state index >= 15 is 0 Å². The van der Waals surface area contributed by atoms with Crippen molar-refractivity contribution in [1.82, 2.24) is 10.5 Å². The predicted octanol–water partition coefficient (Wildman–Crippen LogP) is 1.48. The van der Waals surface area contributed by atoms with E-state index < -0.39 is 0 Å². The lowest BCUT2D eigenvalue weighted by Gasteiger charge is -2.31. The highest BCUT2D eigenvalue weighted by Gasteiger charge is 2.42. The molecule has 6 heteroatoms. The summed E-state index contributed by atoms with van der Waals surface area (Å²) in [6, 6.07) is 1.53. The van der Waals surface area contributed by atoms with Crippen molar-refractivity contribution in [3.05, 3.63) is 18.0 Å². The van der Waals surface area contributed by atoms with Gasteiger partial charge in [0.15, 0.2) is 5.79 Å². The number of nitrogens with zero attached hydrogens (tertiary/aromatic N) is 1. The molecular formula is C13H18N2O4. The summed E-state index contributed by atoms with van der Waals surface area (Å²) in [6.45, 7) is 0.970. The normalized spacial score (nSPS) is 25.6. The molecule has 1 aliphatic heterocycles. The zero-order valence-electron chi connectivity index (χ0n) is 10.8. The molecule has 3 rings (SSSR count). The van der Waals surface area contributed by atoms with Gasteiger partial charge in [-0.2, -0.15) is 0 Å². The van der Waals surface area contributed by atoms with Gasteiger partial charge in [0.1, 0.15) is 6.10 Å². The zero-order chi connectivity index (χ0) is 13.1. The van der Waals surface area contributed by atoms with Crippen molar-refractivity contribution < 1.29 is 18.8 Å². The first-order valence-electron chi connectivity index (χ1n) is 6.78. The average Bonchev–Trinajstić information content (AvgIpc) is 3.08. The molecule has 1 atom stereocenters. The second-order valence-electron chi connectivity index (χ2n) is 5.11. The molecular weight excluding hydrogens is 248 g/mol. The van der Waals surface area contributed by atoms with Crippen LogP contribution in [0.4, 0.5) is 0 Å². The molecule has 19 heavy (non-hydrogen) atoms. The SMILES string of the molecule is O=C(NC[C@@H]1COC2(CCCCC2)O1)c1ccno1. The van der Waals surface area contributed by atoms with E-state index in [2.05, 4.69) is 10.5 Å². The summed E-state index contributed by atoms with van der Waals surface area (Å²) >= 11 is 0. The van der Waals surface area contributed by atoms with Crippen molar-refractivity contribution in [3.63, 3.8) is 0 Å². The molecule has 104 valence electrons. The maximum Gasteiger partial charge on any atom is 0.289 e. The van der Waals surface area contributed by atoms with Crippen LogP contribution in [0.5, 0.6) is 0 Å². The highest BCUT2D eigenvalue weighted by Crippen LogP contribution is 2.37. The molecule has 1 spiro atoms. The fraction of sp³-hybridized carbons (Fsp3) is 0.692. The van der Waals surface area contributed by atoms with Crippen LogP contribution in [-0.2, 0) is 9.47 Å². The van der Waals surface area contributed by atoms with Gasteiger partial charge in [0.25, 0.3) is 5.91 Å². The Kier molecular flexibility index (Phi) is 3.52. The Bertz CT molecular complexity index is 426. The number of carbonyl (C=O) groups is 1. The van der Waals surface area contributed by atoms with Crippen LogP contribution in [0.25, 0.3) is 0 Å². The van der Waals surface area contributed by atoms with E-state index in [-0.39, 0.29) is 23.6 Å². The quantitative estimate of drug-likeness (QED) is 0.897. The molecule has 2 heterocycles. The second-order valence-corrected chi connectivity index (χ2v) is 5.11. The summed E-state index contributed by atoms with van der Waals surface area (Å²) < 4.78 is 16.6. The highest BCUT2D eigenvalue weighted by atomic mass is 16.7. The minimum atomic E-state index is -0.389. The van der Waals surface area contributed by atoms with Gasteiger partial charge in [0.2, 0.25) is 5.76 Å². The van der Waals surface area contributed by atoms with Gasteiger partial charge in [-0.25, -0.2) is 0 Å². The van der Waals surface area contributed by atoms with Crippen LogP contribution in [-0.4, -0.2) is 36.1 Å². The molecule has 1 aromatic rings. The Morgan fingerprint density at radius 2 is 2.26 bits per heavy atom. The maximum atomic E-state index is 11.7. The van der Waals surface area contributed by atoms with E-state index in [0.29, 0.717) is 13.2 Å². The zero-order valence-corrected chi connectivity index (χ0v) is 10.8. The van der Waals surface area contributed by atoms with Gasteiger partial charge in [0.05, 0.1) is 12.8 Å². The van der Waals surface area contributed by atoms with E-state index in [4.69, 9.17) is 14.0 Å². The van der Waals surface area contributed by atoms with E-state index in [1.807, 2.05) is 0 Å². The molecule has 0 unspecified atom stereocenters. The largest absolute Gasteiger partial charge is 0.351 e. The number of carbonyl (C=O) groups excluding carboxylic acids is 1. The van der Waals surface area contributed by atoms with Crippen LogP contribution in [0.15, 0.2) is 16.8 Å². The Hall–Kier alpha value is -1.40. The van der Waals surface area contributed by atoms with Crippen molar-refractivity contribution >= 4 is 5.91 Å². The highest BCUT2D eigenvalue weighted by molar-refractivity contribution is 5.91. The number of hydrogen-bond acceptors (Lipinski definition) is 5. The Balaban J connectivity index is 1.48. The molecule has 1 saturated heterocycles. The summed E-state index contributed by atoms with van der Waals surface area (Å²) in [4.78, 5) is 11.7. The van der Waals surface area contributed by atoms with Crippen LogP contribution in [0, 0.1) is 0 Å². The van der Waals surface area contributed by atoms with Gasteiger partial charge >= 0.3 is 0 Å². The van der Waals surface area contributed by atoms with E-state index in [1.54, 1.807) is 0 Å². The van der Waals surface area contributed by atoms with Crippen molar-refractivity contribution in [1.29, 1.82) is 0 Å². The van der Waals surface area contributed by atoms with Crippen LogP contribution >= 0.6 is 0 Å². The first-order valence-corrected chi connectivity index (χ1v) is 6.78. The van der Waals surface area contributed by atoms with E-state index in [0.717, 1.165) is 25.7 Å². The molecule has 1 aliphatic carbocycles. The van der Waals surface area contributed by atoms with Crippen molar-refractivity contribution in [2.45, 2.75) is 44.0 Å². The molecule has 1 N–H and O–H groups in total. The molecule has 6 nitrogen and oxygen atoms in total. The second kappa shape index (κ2) is 5.30. The molecule has 0 aromatic carbocycles. The van der Waals surface area contributed by atoms with Crippen molar-refractivity contribution in [3.8, 4) is 0 Å². The number of nitrogens with one attached hydrogen (secondary N) is 1. The molecule has 1 saturated carbocycles. The summed E-state index contributed by atoms with van der Waals surface area (Å²) in [6.07, 6.45) is 6.83. The van der Waals surface area contributed by atoms with Crippen LogP contribution in [0.2, 0.25) is 0 Å². The van der Waals surface area contributed by atoms with Crippen molar-refractivity contribution in [2.24, 2.45) is 0 Å². The van der Waals surface area contributed by atoms with Crippen LogP contribution < -0.4 is 5.32 Å². The summed E-state index contributed by atoms with van der Waals surface area (Å²) in [5, 5.41) is 6.27. The van der Waals surface area contributed by atoms with Crippen LogP contribution in [0.1, 0.15) is 42.7 Å². The third-order valence-electron chi connectivity index (χ3n) is 3.68. The number of ether oxygens (including phenoxy) is 2. The third-order valence-corrected chi connectivity index (χ3v) is 3.68. The Morgan fingerprint density at radius 3 is 3.00 bits per heavy atom. The van der Waals surface area contributed by atoms with Gasteiger partial charge in [-0.05, 0) is 12.8 Å². The van der Waals surface area contributed by atoms with E-state index in [9.17, 15) is 4.79 Å². The van der Waals surface area contributed by atoms with Crippen LogP contribution in [0.3, 0.4) is 0 Å². The molecule has 2 fully saturated rings. The lowest BCUT2D eigenvalue weighted by Crippen LogP contribution is -2.37. The average molecular weight is 266 g/mol. The Labute approximate surface area is 111 Å². The number of hydrogen-bond donors (Lipinski definition) is 1. The van der Waals surface area contributed by atoms with E-state index in [1.165, 1.54) is 18.7 Å². The Morgan fingerprint density at radius 1 is 1.42 bits per heavy atom. The molecule has 1 aromatic heterocycles. The van der Waals surface area contributed by atoms with Gasteiger partial charge in [-0.15, -0.1) is 0 Å². The smallest absolute Gasteiger partial charge is 0.289 e. The molecule has 0 bridgehead atoms. The fourth-order valence-corrected chi connectivity index (χ4v) is 2.70. The van der Waals surface area contributed by atoms with Gasteiger partial charge in [0, 0.05) is 25.5 Å². The first kappa shape index (κ1) is 12.6. The monoisotopic (exact) mass is 266 g/mol. The number of rotatable bonds is 3. The first-order chi connectivity index (χ1) is 9.27. The van der Waals surface area contributed by atoms with Gasteiger partial charge in [-0.1, -0.05) is 11.6 Å². The minimum Gasteiger partial charge on any atom is -0.351 e. The standard InChI is InChI=1S/C13H18N2O4/c16-12(11-4-7-15-19-11)14-8-10-9-17-13(18-10)5-2-1-3-6-13/h4,7,10H,1-3,5-6,8-9H2,(H,14,16)/t10-/m1/s1. The summed E-state index contributed by atoms with van der Waals surface area (Å²) in [5.74, 6) is -0.447. The fourth-order valence-electron chi connectivity index (χ4n) is 2.70. The molecule has 2 aliphatic rings. The summed E-state index contributed by atoms with van der Waals surface area (Å²) in [7, 11) is 0. The third kappa shape index (κ3) is 2.79. The maximum absolute atomic E-state index is 11.7. The molecule has 1 amide bonds. The van der Waals surface area contributed by atoms with Crippen molar-refractivity contribution in [2.75, 3.05) is 13.2 Å². The lowest BCUT2D eigenvalue weighted by molar-refractivity contribution is -0.186. The predicted molar refractivity (Wildman–Crippen MR) is 65.5 cm³/mol.